The van der Waals surface area contributed by atoms with Gasteiger partial charge in [0.05, 0.1) is 0 Å². The van der Waals surface area contributed by atoms with Gasteiger partial charge in [-0.3, -0.25) is 0 Å². The first-order chi connectivity index (χ1) is 19.1. The SMILES string of the molecule is CCCCc1cc(CCCc2cc(CCCC)c(CCCC)c(CCCC)c2)cc(CCCC)c1CCCC. The Morgan fingerprint density at radius 2 is 0.564 bits per heavy atom. The van der Waals surface area contributed by atoms with Gasteiger partial charge in [-0.15, -0.1) is 0 Å². The van der Waals surface area contributed by atoms with Crippen LogP contribution >= 0.6 is 0 Å². The summed E-state index contributed by atoms with van der Waals surface area (Å²) in [5.41, 5.74) is 13.3. The maximum atomic E-state index is 2.61. The second kappa shape index (κ2) is 20.3. The van der Waals surface area contributed by atoms with Crippen LogP contribution in [0.5, 0.6) is 0 Å². The molecule has 0 bridgehead atoms. The molecule has 0 saturated heterocycles. The molecule has 2 aromatic carbocycles. The van der Waals surface area contributed by atoms with Crippen molar-refractivity contribution >= 4 is 0 Å². The first-order valence-corrected chi connectivity index (χ1v) is 17.4. The van der Waals surface area contributed by atoms with Crippen molar-refractivity contribution in [3.63, 3.8) is 0 Å². The lowest BCUT2D eigenvalue weighted by Gasteiger charge is -2.19. The monoisotopic (exact) mass is 533 g/mol. The van der Waals surface area contributed by atoms with E-state index in [1.165, 1.54) is 135 Å². The van der Waals surface area contributed by atoms with E-state index in [4.69, 9.17) is 0 Å². The number of rotatable bonds is 22. The van der Waals surface area contributed by atoms with Gasteiger partial charge < -0.3 is 0 Å². The minimum atomic E-state index is 1.22. The van der Waals surface area contributed by atoms with E-state index < -0.39 is 0 Å². The van der Waals surface area contributed by atoms with Gasteiger partial charge in [0.2, 0.25) is 0 Å². The van der Waals surface area contributed by atoms with Gasteiger partial charge in [0.25, 0.3) is 0 Å². The van der Waals surface area contributed by atoms with Gasteiger partial charge in [-0.05, 0) is 141 Å². The largest absolute Gasteiger partial charge is 0.0654 e. The fourth-order valence-electron chi connectivity index (χ4n) is 6.24. The van der Waals surface area contributed by atoms with Gasteiger partial charge in [-0.1, -0.05) is 104 Å². The van der Waals surface area contributed by atoms with Crippen LogP contribution in [-0.2, 0) is 51.4 Å². The van der Waals surface area contributed by atoms with E-state index in [1.54, 1.807) is 44.5 Å². The summed E-state index contributed by atoms with van der Waals surface area (Å²) in [6.45, 7) is 14.0. The Morgan fingerprint density at radius 1 is 0.308 bits per heavy atom. The van der Waals surface area contributed by atoms with Gasteiger partial charge in [-0.2, -0.15) is 0 Å². The standard InChI is InChI=1S/C39H64/c1-7-13-22-34-28-32(29-35(23-14-8-2)38(34)26-17-11-5)20-19-21-33-30-36(24-15-9-3)39(27-18-12-6)37(31-33)25-16-10-4/h28-31H,7-27H2,1-6H3. The van der Waals surface area contributed by atoms with Crippen LogP contribution < -0.4 is 0 Å². The molecule has 0 spiro atoms. The number of hydrogen-bond acceptors (Lipinski definition) is 0. The zero-order valence-corrected chi connectivity index (χ0v) is 27.2. The third-order valence-corrected chi connectivity index (χ3v) is 8.68. The van der Waals surface area contributed by atoms with Crippen LogP contribution in [0, 0.1) is 0 Å². The molecular formula is C39H64. The molecule has 2 aromatic rings. The van der Waals surface area contributed by atoms with Crippen molar-refractivity contribution in [2.24, 2.45) is 0 Å². The van der Waals surface area contributed by atoms with Crippen LogP contribution in [-0.4, -0.2) is 0 Å². The van der Waals surface area contributed by atoms with Crippen LogP contribution in [0.4, 0.5) is 0 Å². The smallest absolute Gasteiger partial charge is 0.0274 e. The quantitative estimate of drug-likeness (QED) is 0.141. The Labute approximate surface area is 244 Å². The van der Waals surface area contributed by atoms with Crippen molar-refractivity contribution in [3.8, 4) is 0 Å². The third-order valence-electron chi connectivity index (χ3n) is 8.68. The summed E-state index contributed by atoms with van der Waals surface area (Å²) in [5.74, 6) is 0. The van der Waals surface area contributed by atoms with Crippen LogP contribution in [0.3, 0.4) is 0 Å². The number of unbranched alkanes of at least 4 members (excludes halogenated alkanes) is 6. The summed E-state index contributed by atoms with van der Waals surface area (Å²) in [4.78, 5) is 0. The van der Waals surface area contributed by atoms with Crippen molar-refractivity contribution < 1.29 is 0 Å². The predicted molar refractivity (Wildman–Crippen MR) is 177 cm³/mol. The summed E-state index contributed by atoms with van der Waals surface area (Å²) < 4.78 is 0. The van der Waals surface area contributed by atoms with E-state index in [-0.39, 0.29) is 0 Å². The second-order valence-corrected chi connectivity index (χ2v) is 12.3. The van der Waals surface area contributed by atoms with Gasteiger partial charge in [-0.25, -0.2) is 0 Å². The number of aryl methyl sites for hydroxylation is 6. The van der Waals surface area contributed by atoms with Gasteiger partial charge in [0.15, 0.2) is 0 Å². The Kier molecular flexibility index (Phi) is 17.5. The number of hydrogen-bond donors (Lipinski definition) is 0. The molecule has 0 fully saturated rings. The molecule has 0 heterocycles. The zero-order valence-electron chi connectivity index (χ0n) is 27.2. The molecule has 0 aliphatic heterocycles. The normalized spacial score (nSPS) is 11.4. The molecule has 0 N–H and O–H groups in total. The van der Waals surface area contributed by atoms with E-state index >= 15 is 0 Å². The molecule has 0 aliphatic carbocycles. The summed E-state index contributed by atoms with van der Waals surface area (Å²) >= 11 is 0. The summed E-state index contributed by atoms with van der Waals surface area (Å²) in [5, 5.41) is 0. The maximum Gasteiger partial charge on any atom is -0.0274 e. The molecule has 0 radical (unpaired) electrons. The van der Waals surface area contributed by atoms with E-state index in [2.05, 4.69) is 65.8 Å². The average Bonchev–Trinajstić information content (AvgIpc) is 2.95. The molecule has 0 heteroatoms. The lowest BCUT2D eigenvalue weighted by Crippen LogP contribution is -2.06. The van der Waals surface area contributed by atoms with Gasteiger partial charge in [0, 0.05) is 0 Å². The highest BCUT2D eigenvalue weighted by Crippen LogP contribution is 2.27. The Hall–Kier alpha value is -1.56. The number of benzene rings is 2. The van der Waals surface area contributed by atoms with Crippen molar-refractivity contribution in [1.29, 1.82) is 0 Å². The molecule has 0 amide bonds. The molecule has 0 nitrogen and oxygen atoms in total. The predicted octanol–water partition coefficient (Wildman–Crippen LogP) is 11.9. The Bertz CT molecular complexity index is 784. The van der Waals surface area contributed by atoms with Crippen molar-refractivity contribution in [2.45, 2.75) is 176 Å². The van der Waals surface area contributed by atoms with E-state index in [1.807, 2.05) is 0 Å². The zero-order chi connectivity index (χ0) is 28.3. The third kappa shape index (κ3) is 11.8. The second-order valence-electron chi connectivity index (χ2n) is 12.3. The highest BCUT2D eigenvalue weighted by atomic mass is 14.2. The topological polar surface area (TPSA) is 0 Å². The molecule has 0 aromatic heterocycles. The molecule has 0 saturated carbocycles. The first-order valence-electron chi connectivity index (χ1n) is 17.4. The van der Waals surface area contributed by atoms with Gasteiger partial charge >= 0.3 is 0 Å². The molecule has 39 heavy (non-hydrogen) atoms. The lowest BCUT2D eigenvalue weighted by molar-refractivity contribution is 0.725. The van der Waals surface area contributed by atoms with E-state index in [0.717, 1.165) is 0 Å². The molecule has 0 unspecified atom stereocenters. The molecule has 0 aliphatic rings. The van der Waals surface area contributed by atoms with E-state index in [0.29, 0.717) is 0 Å². The Morgan fingerprint density at radius 3 is 0.821 bits per heavy atom. The minimum Gasteiger partial charge on any atom is -0.0654 e. The minimum absolute atomic E-state index is 1.22. The summed E-state index contributed by atoms with van der Waals surface area (Å²) in [7, 11) is 0. The van der Waals surface area contributed by atoms with Crippen LogP contribution in [0.15, 0.2) is 24.3 Å². The molecule has 2 rings (SSSR count). The molecule has 0 atom stereocenters. The van der Waals surface area contributed by atoms with E-state index in [9.17, 15) is 0 Å². The Balaban J connectivity index is 2.28. The van der Waals surface area contributed by atoms with Crippen LogP contribution in [0.2, 0.25) is 0 Å². The fourth-order valence-corrected chi connectivity index (χ4v) is 6.24. The summed E-state index contributed by atoms with van der Waals surface area (Å²) in [6.07, 6.45) is 27.0. The van der Waals surface area contributed by atoms with Crippen molar-refractivity contribution in [1.82, 2.24) is 0 Å². The summed E-state index contributed by atoms with van der Waals surface area (Å²) in [6, 6.07) is 10.5. The average molecular weight is 533 g/mol. The molecular weight excluding hydrogens is 468 g/mol. The van der Waals surface area contributed by atoms with Crippen molar-refractivity contribution in [3.05, 3.63) is 68.8 Å². The van der Waals surface area contributed by atoms with Crippen LogP contribution in [0.25, 0.3) is 0 Å². The lowest BCUT2D eigenvalue weighted by atomic mass is 9.86. The van der Waals surface area contributed by atoms with Crippen molar-refractivity contribution in [2.75, 3.05) is 0 Å². The fraction of sp³-hybridized carbons (Fsp3) is 0.692. The van der Waals surface area contributed by atoms with Gasteiger partial charge in [0.1, 0.15) is 0 Å². The molecule has 220 valence electrons. The highest BCUT2D eigenvalue weighted by molar-refractivity contribution is 5.42. The van der Waals surface area contributed by atoms with Crippen LogP contribution in [0.1, 0.15) is 170 Å². The highest BCUT2D eigenvalue weighted by Gasteiger charge is 2.13. The maximum absolute atomic E-state index is 2.61. The first kappa shape index (κ1) is 33.6.